The molecule has 0 radical (unpaired) electrons. The van der Waals surface area contributed by atoms with E-state index in [1.807, 2.05) is 0 Å². The van der Waals surface area contributed by atoms with Crippen molar-refractivity contribution >= 4 is 27.2 Å². The fraction of sp³-hybridized carbons (Fsp3) is 0.462. The van der Waals surface area contributed by atoms with Gasteiger partial charge in [0.25, 0.3) is 0 Å². The van der Waals surface area contributed by atoms with E-state index in [4.69, 9.17) is 5.73 Å². The number of hydrogen-bond donors (Lipinski definition) is 1. The minimum atomic E-state index is 0.304. The maximum Gasteiger partial charge on any atom is 0.105 e. The summed E-state index contributed by atoms with van der Waals surface area (Å²) < 4.78 is 1.28. The predicted octanol–water partition coefficient (Wildman–Crippen LogP) is 2.53. The van der Waals surface area contributed by atoms with Crippen molar-refractivity contribution in [2.24, 2.45) is 5.73 Å². The average molecular weight is 247 g/mol. The second-order valence-electron chi connectivity index (χ2n) is 4.71. The van der Waals surface area contributed by atoms with Crippen LogP contribution in [0, 0.1) is 6.92 Å². The van der Waals surface area contributed by atoms with Crippen LogP contribution in [0.4, 0.5) is 5.69 Å². The summed E-state index contributed by atoms with van der Waals surface area (Å²) in [6.07, 6.45) is 2.32. The molecule has 1 aromatic heterocycles. The zero-order valence-electron chi connectivity index (χ0n) is 10.0. The first kappa shape index (κ1) is 11.0. The van der Waals surface area contributed by atoms with Crippen molar-refractivity contribution in [3.63, 3.8) is 0 Å². The Kier molecular flexibility index (Phi) is 2.76. The molecule has 1 aliphatic rings. The number of fused-ring (bicyclic) bond motifs is 1. The second kappa shape index (κ2) is 4.27. The topological polar surface area (TPSA) is 42.2 Å². The van der Waals surface area contributed by atoms with Gasteiger partial charge in [-0.2, -0.15) is 0 Å². The van der Waals surface area contributed by atoms with Crippen LogP contribution in [0.1, 0.15) is 17.8 Å². The van der Waals surface area contributed by atoms with Gasteiger partial charge in [-0.1, -0.05) is 6.07 Å². The molecule has 0 bridgehead atoms. The van der Waals surface area contributed by atoms with Crippen LogP contribution in [-0.4, -0.2) is 24.1 Å². The van der Waals surface area contributed by atoms with Crippen molar-refractivity contribution in [2.75, 3.05) is 18.0 Å². The minimum absolute atomic E-state index is 0.304. The molecular formula is C13H17N3S. The highest BCUT2D eigenvalue weighted by Gasteiger charge is 2.19. The number of hydrogen-bond acceptors (Lipinski definition) is 4. The van der Waals surface area contributed by atoms with E-state index in [2.05, 4.69) is 35.0 Å². The number of nitrogens with zero attached hydrogens (tertiary/aromatic N) is 2. The van der Waals surface area contributed by atoms with Gasteiger partial charge in [-0.15, -0.1) is 11.3 Å². The van der Waals surface area contributed by atoms with E-state index >= 15 is 0 Å². The molecule has 3 rings (SSSR count). The number of nitrogens with two attached hydrogens (primary N) is 1. The van der Waals surface area contributed by atoms with E-state index in [1.165, 1.54) is 16.8 Å². The fourth-order valence-corrected chi connectivity index (χ4v) is 3.38. The molecule has 0 saturated carbocycles. The van der Waals surface area contributed by atoms with Gasteiger partial charge in [0.15, 0.2) is 0 Å². The Morgan fingerprint density at radius 3 is 3.18 bits per heavy atom. The van der Waals surface area contributed by atoms with Crippen LogP contribution in [0.5, 0.6) is 0 Å². The van der Waals surface area contributed by atoms with Crippen molar-refractivity contribution < 1.29 is 0 Å². The summed E-state index contributed by atoms with van der Waals surface area (Å²) >= 11 is 1.76. The zero-order chi connectivity index (χ0) is 11.8. The molecule has 3 nitrogen and oxygen atoms in total. The van der Waals surface area contributed by atoms with Gasteiger partial charge in [0.1, 0.15) is 5.52 Å². The van der Waals surface area contributed by atoms with Gasteiger partial charge in [-0.25, -0.2) is 4.98 Å². The third kappa shape index (κ3) is 2.03. The second-order valence-corrected chi connectivity index (χ2v) is 5.94. The Bertz CT molecular complexity index is 534. The van der Waals surface area contributed by atoms with E-state index in [0.717, 1.165) is 30.0 Å². The average Bonchev–Trinajstić information content (AvgIpc) is 2.68. The summed E-state index contributed by atoms with van der Waals surface area (Å²) in [5.74, 6) is 0. The highest BCUT2D eigenvalue weighted by Crippen LogP contribution is 2.31. The van der Waals surface area contributed by atoms with Gasteiger partial charge in [0.2, 0.25) is 0 Å². The quantitative estimate of drug-likeness (QED) is 0.842. The standard InChI is InChI=1S/C13H17N3S/c1-9-15-13-11(5-2-6-12(13)17-9)16-7-3-4-10(14)8-16/h2,5-6,10H,3-4,7-8,14H2,1H3. The van der Waals surface area contributed by atoms with Crippen LogP contribution in [-0.2, 0) is 0 Å². The molecule has 2 aromatic rings. The highest BCUT2D eigenvalue weighted by atomic mass is 32.1. The molecule has 1 atom stereocenters. The van der Waals surface area contributed by atoms with E-state index in [9.17, 15) is 0 Å². The first-order valence-corrected chi connectivity index (χ1v) is 6.92. The third-order valence-electron chi connectivity index (χ3n) is 3.30. The lowest BCUT2D eigenvalue weighted by molar-refractivity contribution is 0.507. The number of rotatable bonds is 1. The monoisotopic (exact) mass is 247 g/mol. The number of anilines is 1. The Morgan fingerprint density at radius 1 is 1.47 bits per heavy atom. The van der Waals surface area contributed by atoms with Gasteiger partial charge in [0.05, 0.1) is 15.4 Å². The number of aryl methyl sites for hydroxylation is 1. The molecule has 0 aliphatic carbocycles. The van der Waals surface area contributed by atoms with Crippen LogP contribution in [0.3, 0.4) is 0 Å². The zero-order valence-corrected chi connectivity index (χ0v) is 10.8. The highest BCUT2D eigenvalue weighted by molar-refractivity contribution is 7.18. The third-order valence-corrected chi connectivity index (χ3v) is 4.24. The summed E-state index contributed by atoms with van der Waals surface area (Å²) in [5, 5.41) is 1.13. The number of aromatic nitrogens is 1. The van der Waals surface area contributed by atoms with Crippen LogP contribution in [0.15, 0.2) is 18.2 Å². The van der Waals surface area contributed by atoms with Gasteiger partial charge >= 0.3 is 0 Å². The van der Waals surface area contributed by atoms with E-state index in [-0.39, 0.29) is 0 Å². The fourth-order valence-electron chi connectivity index (χ4n) is 2.53. The number of piperidine rings is 1. The minimum Gasteiger partial charge on any atom is -0.368 e. The van der Waals surface area contributed by atoms with Crippen molar-refractivity contribution in [3.05, 3.63) is 23.2 Å². The van der Waals surface area contributed by atoms with Gasteiger partial charge in [-0.3, -0.25) is 0 Å². The van der Waals surface area contributed by atoms with E-state index < -0.39 is 0 Å². The molecule has 17 heavy (non-hydrogen) atoms. The van der Waals surface area contributed by atoms with E-state index in [0.29, 0.717) is 6.04 Å². The summed E-state index contributed by atoms with van der Waals surface area (Å²) in [6, 6.07) is 6.74. The molecule has 1 aliphatic heterocycles. The summed E-state index contributed by atoms with van der Waals surface area (Å²) in [7, 11) is 0. The van der Waals surface area contributed by atoms with Crippen LogP contribution in [0.25, 0.3) is 10.2 Å². The largest absolute Gasteiger partial charge is 0.368 e. The molecule has 4 heteroatoms. The normalized spacial score (nSPS) is 21.1. The smallest absolute Gasteiger partial charge is 0.105 e. The lowest BCUT2D eigenvalue weighted by Gasteiger charge is -2.32. The molecule has 2 heterocycles. The summed E-state index contributed by atoms with van der Waals surface area (Å²) in [6.45, 7) is 4.12. The first-order chi connectivity index (χ1) is 8.24. The Labute approximate surface area is 105 Å². The van der Waals surface area contributed by atoms with Crippen LogP contribution in [0.2, 0.25) is 0 Å². The summed E-state index contributed by atoms with van der Waals surface area (Å²) in [5.41, 5.74) is 8.45. The molecule has 90 valence electrons. The molecule has 1 aromatic carbocycles. The Hall–Kier alpha value is -1.13. The summed E-state index contributed by atoms with van der Waals surface area (Å²) in [4.78, 5) is 7.03. The van der Waals surface area contributed by atoms with Crippen LogP contribution < -0.4 is 10.6 Å². The van der Waals surface area contributed by atoms with E-state index in [1.54, 1.807) is 11.3 Å². The molecular weight excluding hydrogens is 230 g/mol. The molecule has 0 amide bonds. The Morgan fingerprint density at radius 2 is 2.35 bits per heavy atom. The molecule has 1 fully saturated rings. The Balaban J connectivity index is 2.04. The van der Waals surface area contributed by atoms with Gasteiger partial charge in [-0.05, 0) is 31.9 Å². The molecule has 1 unspecified atom stereocenters. The molecule has 0 spiro atoms. The van der Waals surface area contributed by atoms with Crippen molar-refractivity contribution in [3.8, 4) is 0 Å². The predicted molar refractivity (Wildman–Crippen MR) is 73.8 cm³/mol. The molecule has 2 N–H and O–H groups in total. The lowest BCUT2D eigenvalue weighted by Crippen LogP contribution is -2.42. The van der Waals surface area contributed by atoms with Crippen molar-refractivity contribution in [1.82, 2.24) is 4.98 Å². The maximum atomic E-state index is 6.05. The van der Waals surface area contributed by atoms with Crippen LogP contribution >= 0.6 is 11.3 Å². The SMILES string of the molecule is Cc1nc2c(N3CCCC(N)C3)cccc2s1. The van der Waals surface area contributed by atoms with Gasteiger partial charge < -0.3 is 10.6 Å². The number of para-hydroxylation sites is 1. The molecule has 1 saturated heterocycles. The van der Waals surface area contributed by atoms with Gasteiger partial charge in [0, 0.05) is 19.1 Å². The lowest BCUT2D eigenvalue weighted by atomic mass is 10.1. The van der Waals surface area contributed by atoms with Crippen molar-refractivity contribution in [2.45, 2.75) is 25.8 Å². The van der Waals surface area contributed by atoms with Crippen molar-refractivity contribution in [1.29, 1.82) is 0 Å². The number of benzene rings is 1. The maximum absolute atomic E-state index is 6.05. The number of thiazole rings is 1. The first-order valence-electron chi connectivity index (χ1n) is 6.11.